The number of aliphatic hydroxyl groups is 1. The topological polar surface area (TPSA) is 266 Å². The van der Waals surface area contributed by atoms with Crippen molar-refractivity contribution in [2.45, 2.75) is 23.3 Å². The number of anilines is 1. The first-order chi connectivity index (χ1) is 16.6. The summed E-state index contributed by atoms with van der Waals surface area (Å²) in [6.07, 6.45) is -6.56. The molecule has 0 bridgehead atoms. The highest BCUT2D eigenvalue weighted by atomic mass is 35.5. The number of aliphatic hydroxyl groups excluding tert-OH is 1. The zero-order valence-corrected chi connectivity index (χ0v) is 19.9. The number of hydrogen-bond donors (Lipinski definition) is 7. The van der Waals surface area contributed by atoms with E-state index >= 15 is 0 Å². The van der Waals surface area contributed by atoms with Crippen molar-refractivity contribution in [1.29, 1.82) is 0 Å². The Kier molecular flexibility index (Phi) is 6.91. The zero-order valence-electron chi connectivity index (χ0n) is 18.5. The van der Waals surface area contributed by atoms with Crippen LogP contribution in [-0.4, -0.2) is 69.5 Å². The van der Waals surface area contributed by atoms with E-state index in [0.717, 1.165) is 0 Å². The maximum Gasteiger partial charge on any atom is 0.490 e. The van der Waals surface area contributed by atoms with Gasteiger partial charge in [-0.3, -0.25) is 14.3 Å². The van der Waals surface area contributed by atoms with Crippen LogP contribution in [0.25, 0.3) is 11.0 Å². The zero-order chi connectivity index (χ0) is 28.4. The number of ether oxygens (including phenoxy) is 1. The van der Waals surface area contributed by atoms with Crippen molar-refractivity contribution in [3.8, 4) is 0 Å². The summed E-state index contributed by atoms with van der Waals surface area (Å²) in [5, 5.41) is 9.86. The standard InChI is InChI=1S/C12H16ClF2N4O13P3/c13-12(3-14)7(20)5(2-29-34(25,26)32-35(27,28)31-33(22,23)24)30-10(12)19-1-4(15)6-8(19)17-11(16)18-9(6)21/h1,5,7,10,20H,2-3H2,(H,25,26)(H,27,28)(H2,22,23,24)(H3,16,17,18,21)/t5-,7+,10-,12?/m1/s1/i2D2. The first-order valence-electron chi connectivity index (χ1n) is 9.61. The molecule has 8 N–H and O–H groups in total. The van der Waals surface area contributed by atoms with Crippen LogP contribution in [-0.2, 0) is 31.6 Å². The summed E-state index contributed by atoms with van der Waals surface area (Å²) in [5.74, 6) is -1.77. The molecule has 1 aliphatic rings. The normalized spacial score (nSPS) is 30.0. The number of nitrogens with two attached hydrogens (primary N) is 1. The van der Waals surface area contributed by atoms with Gasteiger partial charge in [-0.2, -0.15) is 13.6 Å². The molecule has 0 amide bonds. The van der Waals surface area contributed by atoms with Crippen molar-refractivity contribution < 1.29 is 67.8 Å². The van der Waals surface area contributed by atoms with Crippen LogP contribution in [0.4, 0.5) is 14.7 Å². The maximum atomic E-state index is 14.5. The van der Waals surface area contributed by atoms with Crippen LogP contribution in [0, 0.1) is 5.82 Å². The lowest BCUT2D eigenvalue weighted by atomic mass is 10.0. The molecule has 198 valence electrons. The van der Waals surface area contributed by atoms with Gasteiger partial charge in [0.15, 0.2) is 17.7 Å². The van der Waals surface area contributed by atoms with Gasteiger partial charge in [-0.15, -0.1) is 11.6 Å². The van der Waals surface area contributed by atoms with E-state index in [1.807, 2.05) is 4.98 Å². The number of aromatic nitrogens is 3. The third-order valence-corrected chi connectivity index (χ3v) is 8.45. The van der Waals surface area contributed by atoms with E-state index < -0.39 is 88.4 Å². The maximum absolute atomic E-state index is 14.5. The van der Waals surface area contributed by atoms with Gasteiger partial charge in [0.25, 0.3) is 5.56 Å². The number of alkyl halides is 2. The molecule has 0 aliphatic carbocycles. The Morgan fingerprint density at radius 2 is 1.94 bits per heavy atom. The molecule has 17 nitrogen and oxygen atoms in total. The molecule has 23 heteroatoms. The highest BCUT2D eigenvalue weighted by Crippen LogP contribution is 2.66. The number of fused-ring (bicyclic) bond motifs is 1. The molecular formula is C12H16ClF2N4O13P3. The molecule has 2 aromatic rings. The summed E-state index contributed by atoms with van der Waals surface area (Å²) < 4.78 is 95.3. The summed E-state index contributed by atoms with van der Waals surface area (Å²) >= 11 is 6.13. The number of nitrogens with zero attached hydrogens (tertiary/aromatic N) is 2. The van der Waals surface area contributed by atoms with Crippen molar-refractivity contribution in [2.75, 3.05) is 19.0 Å². The molecule has 1 saturated heterocycles. The van der Waals surface area contributed by atoms with Crippen LogP contribution >= 0.6 is 35.1 Å². The summed E-state index contributed by atoms with van der Waals surface area (Å²) in [6.45, 7) is -5.47. The summed E-state index contributed by atoms with van der Waals surface area (Å²) in [5.41, 5.74) is 3.78. The highest BCUT2D eigenvalue weighted by Gasteiger charge is 2.57. The SMILES string of the molecule is [2H]C([2H])(OP(=O)(O)OP(=O)(O)OP(=O)(O)O)[C@H]1O[C@@H](n2cc(F)c3c(=O)[nH]c(N)nc32)C(Cl)(CF)[C@H]1O. The minimum Gasteiger partial charge on any atom is -0.388 e. The van der Waals surface area contributed by atoms with Crippen LogP contribution in [0.5, 0.6) is 0 Å². The van der Waals surface area contributed by atoms with Gasteiger partial charge in [0.05, 0.1) is 9.30 Å². The first kappa shape index (κ1) is 25.4. The number of nitrogens with one attached hydrogen (secondary N) is 1. The molecule has 0 radical (unpaired) electrons. The average molecular weight is 593 g/mol. The van der Waals surface area contributed by atoms with Crippen molar-refractivity contribution in [1.82, 2.24) is 14.5 Å². The molecule has 3 rings (SSSR count). The second-order valence-corrected chi connectivity index (χ2v) is 11.8. The second-order valence-electron chi connectivity index (χ2n) is 6.75. The summed E-state index contributed by atoms with van der Waals surface area (Å²) in [4.78, 5) is 51.0. The Labute approximate surface area is 199 Å². The quantitative estimate of drug-likeness (QED) is 0.149. The molecule has 0 spiro atoms. The van der Waals surface area contributed by atoms with Gasteiger partial charge in [-0.25, -0.2) is 22.5 Å². The van der Waals surface area contributed by atoms with Crippen molar-refractivity contribution in [2.24, 2.45) is 0 Å². The summed E-state index contributed by atoms with van der Waals surface area (Å²) in [7, 11) is -17.9. The molecule has 0 aromatic carbocycles. The smallest absolute Gasteiger partial charge is 0.388 e. The lowest BCUT2D eigenvalue weighted by Crippen LogP contribution is -2.44. The van der Waals surface area contributed by atoms with Gasteiger partial charge in [-0.1, -0.05) is 0 Å². The minimum absolute atomic E-state index is 0.532. The number of halogens is 3. The van der Waals surface area contributed by atoms with Gasteiger partial charge in [0, 0.05) is 6.20 Å². The Morgan fingerprint density at radius 1 is 1.31 bits per heavy atom. The number of rotatable bonds is 9. The number of hydrogen-bond acceptors (Lipinski definition) is 11. The molecule has 0 saturated carbocycles. The molecule has 35 heavy (non-hydrogen) atoms. The van der Waals surface area contributed by atoms with Crippen LogP contribution in [0.15, 0.2) is 11.0 Å². The third-order valence-electron chi connectivity index (χ3n) is 4.28. The molecule has 6 atom stereocenters. The Balaban J connectivity index is 1.98. The minimum atomic E-state index is -6.12. The van der Waals surface area contributed by atoms with Gasteiger partial charge in [0.2, 0.25) is 5.95 Å². The van der Waals surface area contributed by atoms with Crippen LogP contribution < -0.4 is 11.3 Å². The van der Waals surface area contributed by atoms with Crippen molar-refractivity contribution >= 4 is 52.1 Å². The molecule has 1 aliphatic heterocycles. The van der Waals surface area contributed by atoms with Gasteiger partial charge < -0.3 is 39.7 Å². The number of nitrogen functional groups attached to an aromatic ring is 1. The van der Waals surface area contributed by atoms with Crippen LogP contribution in [0.2, 0.25) is 0 Å². The third kappa shape index (κ3) is 5.99. The lowest BCUT2D eigenvalue weighted by molar-refractivity contribution is -0.0437. The Bertz CT molecular complexity index is 1420. The number of H-pyrrole nitrogens is 1. The molecule has 3 unspecified atom stereocenters. The molecule has 1 fully saturated rings. The largest absolute Gasteiger partial charge is 0.490 e. The van der Waals surface area contributed by atoms with Crippen LogP contribution in [0.1, 0.15) is 8.97 Å². The van der Waals surface area contributed by atoms with E-state index in [2.05, 4.69) is 18.1 Å². The van der Waals surface area contributed by atoms with E-state index in [1.165, 1.54) is 0 Å². The fourth-order valence-corrected chi connectivity index (χ4v) is 6.13. The average Bonchev–Trinajstić information content (AvgIpc) is 3.12. The lowest BCUT2D eigenvalue weighted by Gasteiger charge is -2.28. The number of phosphoric ester groups is 1. The molecule has 2 aromatic heterocycles. The fraction of sp³-hybridized carbons (Fsp3) is 0.500. The first-order valence-corrected chi connectivity index (χ1v) is 13.5. The van der Waals surface area contributed by atoms with E-state index in [4.69, 9.17) is 34.6 Å². The highest BCUT2D eigenvalue weighted by molar-refractivity contribution is 7.66. The Morgan fingerprint density at radius 3 is 2.51 bits per heavy atom. The summed E-state index contributed by atoms with van der Waals surface area (Å²) in [6, 6.07) is 0. The number of phosphoric acid groups is 3. The van der Waals surface area contributed by atoms with E-state index in [-0.39, 0.29) is 0 Å². The number of aromatic amines is 1. The van der Waals surface area contributed by atoms with Crippen molar-refractivity contribution in [3.63, 3.8) is 0 Å². The van der Waals surface area contributed by atoms with Gasteiger partial charge in [-0.05, 0) is 0 Å². The van der Waals surface area contributed by atoms with E-state index in [0.29, 0.717) is 10.8 Å². The monoisotopic (exact) mass is 592 g/mol. The van der Waals surface area contributed by atoms with Crippen molar-refractivity contribution in [3.05, 3.63) is 22.4 Å². The predicted octanol–water partition coefficient (Wildman–Crippen LogP) is -0.00540. The van der Waals surface area contributed by atoms with Crippen LogP contribution in [0.3, 0.4) is 0 Å². The molecule has 3 heterocycles. The second kappa shape index (κ2) is 9.54. The molecular weight excluding hydrogens is 575 g/mol. The predicted molar refractivity (Wildman–Crippen MR) is 109 cm³/mol. The van der Waals surface area contributed by atoms with E-state index in [1.54, 1.807) is 0 Å². The Hall–Kier alpha value is -1.30. The fourth-order valence-electron chi connectivity index (χ4n) is 2.98. The van der Waals surface area contributed by atoms with Gasteiger partial charge in [0.1, 0.15) is 29.1 Å². The van der Waals surface area contributed by atoms with Gasteiger partial charge >= 0.3 is 23.5 Å². The van der Waals surface area contributed by atoms with E-state index in [9.17, 15) is 42.2 Å².